The van der Waals surface area contributed by atoms with Crippen molar-refractivity contribution in [1.29, 1.82) is 0 Å². The summed E-state index contributed by atoms with van der Waals surface area (Å²) in [5.74, 6) is 0.543. The number of aromatic nitrogens is 3. The maximum atomic E-state index is 12.8. The van der Waals surface area contributed by atoms with Crippen LogP contribution in [0.15, 0.2) is 182 Å². The van der Waals surface area contributed by atoms with Crippen molar-refractivity contribution in [3.63, 3.8) is 0 Å². The van der Waals surface area contributed by atoms with E-state index in [1.54, 1.807) is 18.3 Å². The Hall–Kier alpha value is -7.13. The molecule has 0 saturated carbocycles. The van der Waals surface area contributed by atoms with Gasteiger partial charge in [0.2, 0.25) is 0 Å². The average Bonchev–Trinajstić information content (AvgIpc) is 4.00. The Kier molecular flexibility index (Phi) is 11.7. The number of phenolic OH excluding ortho intramolecular Hbond substituents is 1. The third-order valence-corrected chi connectivity index (χ3v) is 13.8. The number of fused-ring (bicyclic) bond motifs is 1. The summed E-state index contributed by atoms with van der Waals surface area (Å²) in [5, 5.41) is 12.8. The molecule has 10 aromatic rings. The zero-order chi connectivity index (χ0) is 55.7. The fraction of sp³-hybridized carbons (Fsp3) is 0.206. The zero-order valence-electron chi connectivity index (χ0n) is 48.9. The van der Waals surface area contributed by atoms with Crippen molar-refractivity contribution >= 4 is 11.0 Å². The van der Waals surface area contributed by atoms with Crippen molar-refractivity contribution < 1.29 is 34.4 Å². The molecule has 10 rings (SSSR count). The fourth-order valence-electron chi connectivity index (χ4n) is 9.63. The summed E-state index contributed by atoms with van der Waals surface area (Å²) in [6, 6.07) is 61.2. The predicted octanol–water partition coefficient (Wildman–Crippen LogP) is 18.1. The number of pyridine rings is 1. The van der Waals surface area contributed by atoms with Crippen LogP contribution < -0.4 is 0 Å². The molecule has 0 bridgehead atoms. The Balaban J connectivity index is 0.00000757. The molecule has 5 heteroatoms. The quantitative estimate of drug-likeness (QED) is 0.154. The SMILES string of the molecule is [2H]C([2H])([2H])c1ccc(-c2ccnc(-c3[c-]c(-c4cccc5c4nc(-c4cc(C(C)(C)C)cc(C(C)(C)C)c4O)n5-c4cc(C([2H])([2H])[2H])c(-c5ccc(C(C)(C)C)cc5)cc4-c4ccccc4)cc(-c4ccccc4)c3)c2)cc1.[Pt]. The number of aryl methyl sites for hydroxylation is 2. The Morgan fingerprint density at radius 1 is 0.493 bits per heavy atom. The molecule has 0 aliphatic carbocycles. The first-order chi connectivity index (χ1) is 36.7. The van der Waals surface area contributed by atoms with Gasteiger partial charge in [0.1, 0.15) is 11.6 Å². The Morgan fingerprint density at radius 2 is 1.12 bits per heavy atom. The minimum Gasteiger partial charge on any atom is -0.507 e. The first kappa shape index (κ1) is 43.5. The van der Waals surface area contributed by atoms with Crippen LogP contribution in [0.4, 0.5) is 0 Å². The van der Waals surface area contributed by atoms with E-state index in [4.69, 9.17) is 14.1 Å². The van der Waals surface area contributed by atoms with E-state index in [9.17, 15) is 9.22 Å². The number of benzene rings is 8. The second-order valence-corrected chi connectivity index (χ2v) is 22.0. The number of nitrogens with zero attached hydrogens (tertiary/aromatic N) is 3. The van der Waals surface area contributed by atoms with Crippen LogP contribution in [0.2, 0.25) is 0 Å². The Bertz CT molecular complexity index is 3860. The number of rotatable bonds is 8. The number of phenols is 1. The summed E-state index contributed by atoms with van der Waals surface area (Å²) in [6.07, 6.45) is 1.76. The minimum absolute atomic E-state index is 0. The summed E-state index contributed by atoms with van der Waals surface area (Å²) in [6.45, 7) is 14.5. The minimum atomic E-state index is -2.53. The van der Waals surface area contributed by atoms with E-state index in [0.29, 0.717) is 39.4 Å². The third kappa shape index (κ3) is 10.2. The fourth-order valence-corrected chi connectivity index (χ4v) is 9.63. The van der Waals surface area contributed by atoms with E-state index in [-0.39, 0.29) is 48.8 Å². The number of para-hydroxylation sites is 1. The van der Waals surface area contributed by atoms with E-state index in [1.807, 2.05) is 126 Å². The van der Waals surface area contributed by atoms with Gasteiger partial charge in [-0.25, -0.2) is 4.98 Å². The molecule has 0 fully saturated rings. The van der Waals surface area contributed by atoms with Crippen LogP contribution in [0.5, 0.6) is 5.75 Å². The van der Waals surface area contributed by atoms with Gasteiger partial charge in [0.25, 0.3) is 0 Å². The van der Waals surface area contributed by atoms with E-state index in [2.05, 4.69) is 111 Å². The zero-order valence-corrected chi connectivity index (χ0v) is 45.2. The molecule has 0 saturated heterocycles. The molecule has 8 aromatic carbocycles. The number of imidazole rings is 1. The van der Waals surface area contributed by atoms with Crippen molar-refractivity contribution in [3.8, 4) is 89.7 Å². The van der Waals surface area contributed by atoms with Crippen molar-refractivity contribution in [2.24, 2.45) is 0 Å². The van der Waals surface area contributed by atoms with Gasteiger partial charge in [-0.2, -0.15) is 0 Å². The van der Waals surface area contributed by atoms with Gasteiger partial charge in [0.05, 0.1) is 22.3 Å². The summed E-state index contributed by atoms with van der Waals surface area (Å²) in [7, 11) is 0. The van der Waals surface area contributed by atoms with Crippen LogP contribution in [0, 0.1) is 19.8 Å². The predicted molar refractivity (Wildman–Crippen MR) is 303 cm³/mol. The van der Waals surface area contributed by atoms with Gasteiger partial charge in [-0.05, 0) is 110 Å². The average molecular weight is 1140 g/mol. The van der Waals surface area contributed by atoms with Gasteiger partial charge in [-0.1, -0.05) is 218 Å². The molecule has 1 N–H and O–H groups in total. The van der Waals surface area contributed by atoms with Gasteiger partial charge in [0, 0.05) is 52.3 Å². The Morgan fingerprint density at radius 3 is 1.77 bits per heavy atom. The van der Waals surface area contributed by atoms with Crippen molar-refractivity contribution in [1.82, 2.24) is 14.5 Å². The normalized spacial score (nSPS) is 13.5. The molecule has 0 atom stereocenters. The maximum Gasteiger partial charge on any atom is 0.148 e. The molecule has 368 valence electrons. The van der Waals surface area contributed by atoms with Crippen LogP contribution in [0.1, 0.15) is 98.4 Å². The van der Waals surface area contributed by atoms with Crippen LogP contribution in [-0.2, 0) is 37.3 Å². The smallest absolute Gasteiger partial charge is 0.148 e. The molecular weight excluding hydrogens is 1070 g/mol. The number of hydrogen-bond donors (Lipinski definition) is 1. The van der Waals surface area contributed by atoms with Gasteiger partial charge >= 0.3 is 0 Å². The van der Waals surface area contributed by atoms with Crippen LogP contribution in [-0.4, -0.2) is 19.6 Å². The molecule has 4 nitrogen and oxygen atoms in total. The Labute approximate surface area is 455 Å². The number of hydrogen-bond acceptors (Lipinski definition) is 3. The van der Waals surface area contributed by atoms with Gasteiger partial charge in [-0.15, -0.1) is 23.8 Å². The molecule has 2 heterocycles. The van der Waals surface area contributed by atoms with E-state index < -0.39 is 19.1 Å². The van der Waals surface area contributed by atoms with Crippen LogP contribution >= 0.6 is 0 Å². The molecule has 73 heavy (non-hydrogen) atoms. The van der Waals surface area contributed by atoms with Crippen molar-refractivity contribution in [3.05, 3.63) is 216 Å². The summed E-state index contributed by atoms with van der Waals surface area (Å²) in [4.78, 5) is 10.5. The summed E-state index contributed by atoms with van der Waals surface area (Å²) < 4.78 is 53.3. The van der Waals surface area contributed by atoms with E-state index in [1.165, 1.54) is 0 Å². The molecule has 0 amide bonds. The first-order valence-corrected chi connectivity index (χ1v) is 24.7. The monoisotopic (exact) mass is 1140 g/mol. The van der Waals surface area contributed by atoms with E-state index >= 15 is 0 Å². The molecule has 0 aliphatic heterocycles. The third-order valence-electron chi connectivity index (χ3n) is 13.8. The molecule has 0 radical (unpaired) electrons. The first-order valence-electron chi connectivity index (χ1n) is 27.7. The van der Waals surface area contributed by atoms with Gasteiger partial charge in [-0.3, -0.25) is 9.55 Å². The van der Waals surface area contributed by atoms with Crippen molar-refractivity contribution in [2.45, 2.75) is 92.3 Å². The molecule has 0 spiro atoms. The van der Waals surface area contributed by atoms with Gasteiger partial charge < -0.3 is 5.11 Å². The summed E-state index contributed by atoms with van der Waals surface area (Å²) in [5.41, 5.74) is 14.5. The largest absolute Gasteiger partial charge is 0.507 e. The second kappa shape index (κ2) is 19.7. The molecule has 0 unspecified atom stereocenters. The molecular formula is C68H64N3OPt-. The van der Waals surface area contributed by atoms with Crippen molar-refractivity contribution in [2.75, 3.05) is 0 Å². The van der Waals surface area contributed by atoms with Crippen LogP contribution in [0.3, 0.4) is 0 Å². The standard InChI is InChI=1S/C68H64N3O.Pt/c1-43-25-27-46(28-26-43)49-33-34-69-60(39-49)52-37-50(45-19-14-12-15-20-45)36-51(38-52)55-23-18-24-61-63(55)70-65(58-40-54(67(6,7)8)41-59(64(58)72)68(9,10)11)71(61)62-35-44(2)56(42-57(62)47-21-16-13-17-22-47)48-29-31-53(32-30-48)66(3,4)5;/h12-37,39-42,72H,1-11H3;/q-1;/i1D3,2D3;. The molecule has 2 aromatic heterocycles. The second-order valence-electron chi connectivity index (χ2n) is 22.0. The molecule has 0 aliphatic rings. The topological polar surface area (TPSA) is 50.9 Å². The van der Waals surface area contributed by atoms with E-state index in [0.717, 1.165) is 72.3 Å². The number of aromatic hydroxyl groups is 1. The van der Waals surface area contributed by atoms with Crippen LogP contribution in [0.25, 0.3) is 95.0 Å². The van der Waals surface area contributed by atoms with Gasteiger partial charge in [0.15, 0.2) is 0 Å². The summed E-state index contributed by atoms with van der Waals surface area (Å²) >= 11 is 0. The maximum absolute atomic E-state index is 12.8.